The van der Waals surface area contributed by atoms with Gasteiger partial charge in [-0.05, 0) is 27.8 Å². The smallest absolute Gasteiger partial charge is 0.238 e. The standard InChI is InChI=1S/2C7H8.C5H7NOS.C4H5NOS2.C2H6.CH5N/c2*1-7-5-3-2-4-6-7;1-3-5(7)6-4(2)8-3;1-5-3(6)2-8-4(5)7;2*1-2/h2*2-6H,1H3;3H,2H2,1H3,(H,6,7);2H2,1H3;1-2H3;2H2,1H3. The Morgan fingerprint density at radius 2 is 1.38 bits per heavy atom. The number of thiocarbonyl (C=S) groups is 1. The molecule has 2 saturated heterocycles. The van der Waals surface area contributed by atoms with Crippen LogP contribution in [-0.2, 0) is 9.59 Å². The van der Waals surface area contributed by atoms with Gasteiger partial charge < -0.3 is 16.0 Å². The van der Waals surface area contributed by atoms with Gasteiger partial charge in [-0.2, -0.15) is 0 Å². The zero-order valence-corrected chi connectivity index (χ0v) is 23.8. The molecular formula is C26H39N3O2S3. The Morgan fingerprint density at radius 3 is 1.50 bits per heavy atom. The molecule has 34 heavy (non-hydrogen) atoms. The van der Waals surface area contributed by atoms with E-state index in [0.717, 1.165) is 5.03 Å². The van der Waals surface area contributed by atoms with Gasteiger partial charge in [-0.25, -0.2) is 0 Å². The Balaban J connectivity index is 0. The summed E-state index contributed by atoms with van der Waals surface area (Å²) in [6.07, 6.45) is 0. The van der Waals surface area contributed by atoms with Crippen molar-refractivity contribution < 1.29 is 9.59 Å². The highest BCUT2D eigenvalue weighted by atomic mass is 32.2. The van der Waals surface area contributed by atoms with Crippen molar-refractivity contribution in [3.63, 3.8) is 0 Å². The van der Waals surface area contributed by atoms with Gasteiger partial charge in [0.05, 0.1) is 16.0 Å². The van der Waals surface area contributed by atoms with Crippen LogP contribution in [0.1, 0.15) is 31.9 Å². The molecule has 2 aliphatic heterocycles. The number of thioether (sulfide) groups is 2. The molecule has 0 saturated carbocycles. The van der Waals surface area contributed by atoms with Gasteiger partial charge in [0.15, 0.2) is 0 Å². The van der Waals surface area contributed by atoms with Crippen LogP contribution in [0.15, 0.2) is 72.3 Å². The molecule has 2 aromatic rings. The van der Waals surface area contributed by atoms with Crippen LogP contribution in [0.5, 0.6) is 0 Å². The van der Waals surface area contributed by atoms with Crippen molar-refractivity contribution in [1.82, 2.24) is 10.2 Å². The Morgan fingerprint density at radius 1 is 0.971 bits per heavy atom. The van der Waals surface area contributed by atoms with Gasteiger partial charge in [-0.1, -0.05) is 128 Å². The number of carbonyl (C=O) groups is 2. The summed E-state index contributed by atoms with van der Waals surface area (Å²) in [5, 5.41) is 3.42. The first-order chi connectivity index (χ1) is 16.2. The van der Waals surface area contributed by atoms with E-state index >= 15 is 0 Å². The third-order valence-electron chi connectivity index (χ3n) is 3.80. The summed E-state index contributed by atoms with van der Waals surface area (Å²) >= 11 is 7.68. The van der Waals surface area contributed by atoms with Crippen LogP contribution in [0, 0.1) is 13.8 Å². The largest absolute Gasteiger partial charge is 0.333 e. The van der Waals surface area contributed by atoms with Gasteiger partial charge in [0.2, 0.25) is 11.8 Å². The van der Waals surface area contributed by atoms with Crippen molar-refractivity contribution in [3.05, 3.63) is 83.4 Å². The van der Waals surface area contributed by atoms with Crippen LogP contribution in [0.4, 0.5) is 0 Å². The minimum absolute atomic E-state index is 0.0579. The van der Waals surface area contributed by atoms with Crippen LogP contribution in [0.3, 0.4) is 0 Å². The van der Waals surface area contributed by atoms with Crippen LogP contribution in [-0.4, -0.2) is 46.1 Å². The molecule has 188 valence electrons. The molecule has 0 aliphatic carbocycles. The zero-order chi connectivity index (χ0) is 26.5. The topological polar surface area (TPSA) is 75.4 Å². The predicted molar refractivity (Wildman–Crippen MR) is 156 cm³/mol. The number of nitrogens with two attached hydrogens (primary N) is 1. The molecule has 1 atom stereocenters. The van der Waals surface area contributed by atoms with E-state index in [1.165, 1.54) is 46.6 Å². The number of amides is 2. The molecule has 2 amide bonds. The third kappa shape index (κ3) is 16.5. The van der Waals surface area contributed by atoms with E-state index in [4.69, 9.17) is 12.2 Å². The fourth-order valence-electron chi connectivity index (χ4n) is 2.02. The van der Waals surface area contributed by atoms with Crippen LogP contribution < -0.4 is 11.1 Å². The second kappa shape index (κ2) is 21.4. The molecule has 2 heterocycles. The number of hydrogen-bond acceptors (Lipinski definition) is 6. The Labute approximate surface area is 220 Å². The minimum Gasteiger partial charge on any atom is -0.333 e. The van der Waals surface area contributed by atoms with E-state index in [2.05, 4.69) is 55.7 Å². The minimum atomic E-state index is 0.0579. The Bertz CT molecular complexity index is 791. The highest BCUT2D eigenvalue weighted by Gasteiger charge is 2.22. The van der Waals surface area contributed by atoms with Crippen molar-refractivity contribution in [3.8, 4) is 0 Å². The van der Waals surface area contributed by atoms with E-state index in [1.54, 1.807) is 7.05 Å². The SMILES string of the molecule is C=C1NC(=O)C(C)S1.CC.CN.CN1C(=O)CSC1=S.Cc1ccccc1.Cc1ccccc1. The van der Waals surface area contributed by atoms with Gasteiger partial charge in [0.1, 0.15) is 4.32 Å². The van der Waals surface area contributed by atoms with Crippen LogP contribution >= 0.6 is 35.7 Å². The summed E-state index contributed by atoms with van der Waals surface area (Å²) in [5.74, 6) is 0.704. The van der Waals surface area contributed by atoms with Crippen LogP contribution in [0.25, 0.3) is 0 Å². The van der Waals surface area contributed by atoms with Crippen molar-refractivity contribution in [2.45, 2.75) is 39.9 Å². The molecule has 2 aromatic carbocycles. The number of nitrogens with one attached hydrogen (secondary N) is 1. The molecule has 2 aliphatic rings. The highest BCUT2D eigenvalue weighted by Crippen LogP contribution is 2.23. The zero-order valence-electron chi connectivity index (χ0n) is 21.3. The summed E-state index contributed by atoms with van der Waals surface area (Å²) in [4.78, 5) is 22.7. The second-order valence-electron chi connectivity index (χ2n) is 6.49. The number of nitrogens with zero attached hydrogens (tertiary/aromatic N) is 1. The molecule has 1 unspecified atom stereocenters. The highest BCUT2D eigenvalue weighted by molar-refractivity contribution is 8.23. The van der Waals surface area contributed by atoms with E-state index < -0.39 is 0 Å². The molecule has 4 rings (SSSR count). The molecule has 0 aromatic heterocycles. The average molecular weight is 522 g/mol. The van der Waals surface area contributed by atoms with Gasteiger partial charge in [-0.15, -0.1) is 0 Å². The predicted octanol–water partition coefficient (Wildman–Crippen LogP) is 5.78. The van der Waals surface area contributed by atoms with Crippen molar-refractivity contribution in [2.75, 3.05) is 19.8 Å². The van der Waals surface area contributed by atoms with Gasteiger partial charge in [0, 0.05) is 7.05 Å². The lowest BCUT2D eigenvalue weighted by Crippen LogP contribution is -2.22. The van der Waals surface area contributed by atoms with Gasteiger partial charge in [0.25, 0.3) is 0 Å². The van der Waals surface area contributed by atoms with E-state index in [0.29, 0.717) is 10.1 Å². The average Bonchev–Trinajstić information content (AvgIpc) is 3.31. The summed E-state index contributed by atoms with van der Waals surface area (Å²) in [6, 6.07) is 20.5. The summed E-state index contributed by atoms with van der Waals surface area (Å²) in [7, 11) is 3.20. The summed E-state index contributed by atoms with van der Waals surface area (Å²) < 4.78 is 0.690. The summed E-state index contributed by atoms with van der Waals surface area (Å²) in [6.45, 7) is 13.6. The Kier molecular flexibility index (Phi) is 21.4. The quantitative estimate of drug-likeness (QED) is 0.428. The van der Waals surface area contributed by atoms with Crippen molar-refractivity contribution in [1.29, 1.82) is 0 Å². The number of rotatable bonds is 0. The molecule has 2 fully saturated rings. The molecule has 0 spiro atoms. The first kappa shape index (κ1) is 34.0. The number of aryl methyl sites for hydroxylation is 2. The molecular weight excluding hydrogens is 483 g/mol. The lowest BCUT2D eigenvalue weighted by atomic mass is 10.2. The first-order valence-electron chi connectivity index (χ1n) is 10.9. The maximum Gasteiger partial charge on any atom is 0.238 e. The van der Waals surface area contributed by atoms with Gasteiger partial charge >= 0.3 is 0 Å². The molecule has 0 bridgehead atoms. The lowest BCUT2D eigenvalue weighted by Gasteiger charge is -2.03. The maximum atomic E-state index is 10.6. The van der Waals surface area contributed by atoms with Crippen LogP contribution in [0.2, 0.25) is 0 Å². The van der Waals surface area contributed by atoms with Crippen molar-refractivity contribution in [2.24, 2.45) is 5.73 Å². The molecule has 5 nitrogen and oxygen atoms in total. The molecule has 3 N–H and O–H groups in total. The first-order valence-corrected chi connectivity index (χ1v) is 13.2. The molecule has 0 radical (unpaired) electrons. The van der Waals surface area contributed by atoms with Gasteiger partial charge in [-0.3, -0.25) is 9.59 Å². The fourth-order valence-corrected chi connectivity index (χ4v) is 3.79. The number of benzene rings is 2. The third-order valence-corrected chi connectivity index (χ3v) is 6.29. The van der Waals surface area contributed by atoms with E-state index in [9.17, 15) is 9.59 Å². The monoisotopic (exact) mass is 521 g/mol. The maximum absolute atomic E-state index is 10.6. The normalized spacial score (nSPS) is 15.4. The Hall–Kier alpha value is -2.13. The molecule has 8 heteroatoms. The lowest BCUT2D eigenvalue weighted by molar-refractivity contribution is -0.123. The van der Waals surface area contributed by atoms with E-state index in [1.807, 2.05) is 57.2 Å². The van der Waals surface area contributed by atoms with E-state index in [-0.39, 0.29) is 17.1 Å². The number of carbonyl (C=O) groups excluding carboxylic acids is 2. The number of hydrogen-bond donors (Lipinski definition) is 2. The fraction of sp³-hybridized carbons (Fsp3) is 0.346. The summed E-state index contributed by atoms with van der Waals surface area (Å²) in [5.41, 5.74) is 7.14. The second-order valence-corrected chi connectivity index (χ2v) is 9.53. The van der Waals surface area contributed by atoms with Crippen molar-refractivity contribution >= 4 is 51.9 Å².